The van der Waals surface area contributed by atoms with Gasteiger partial charge in [0.05, 0.1) is 41.7 Å². The van der Waals surface area contributed by atoms with Crippen molar-refractivity contribution in [1.82, 2.24) is 0 Å². The van der Waals surface area contributed by atoms with Crippen LogP contribution in [0.15, 0.2) is 142 Å². The zero-order chi connectivity index (χ0) is 46.0. The summed E-state index contributed by atoms with van der Waals surface area (Å²) in [6.45, 7) is 0. The Labute approximate surface area is 405 Å². The maximum absolute atomic E-state index is 12.7. The molecule has 0 bridgehead atoms. The molecule has 0 aromatic heterocycles. The van der Waals surface area contributed by atoms with Crippen LogP contribution in [0.4, 0.5) is 62.6 Å². The van der Waals surface area contributed by atoms with Crippen molar-refractivity contribution in [3.8, 4) is 23.0 Å². The molecule has 0 radical (unpaired) electrons. The van der Waals surface area contributed by atoms with Gasteiger partial charge in [0.25, 0.3) is 11.4 Å². The van der Waals surface area contributed by atoms with E-state index in [9.17, 15) is 76.7 Å². The van der Waals surface area contributed by atoms with Crippen LogP contribution in [0.25, 0.3) is 10.8 Å². The Morgan fingerprint density at radius 3 is 1.54 bits per heavy atom. The standard InChI is InChI=1S/C34H21N11O16S2.2Na/c46-27-15-28(47)24(14-23(27)38-40-25-11-19(44(52)53)12-26(34(25)49)45(54)55)39-42-33-31-16(9-20(13-29(31)48)62(56,57)58)10-30(63(59,60)61)32(33)41-37-22-4-2-1-3-21(22)36-35-17-5-7-18(8-6-17)43(50)51;;/h1-15,46-49H,(H,56,57,58)(H,59,60,61);;/q;2*+1/p-2. The van der Waals surface area contributed by atoms with Gasteiger partial charge in [0.2, 0.25) is 5.75 Å². The molecule has 0 fully saturated rings. The van der Waals surface area contributed by atoms with Gasteiger partial charge in [0, 0.05) is 30.3 Å². The third-order valence-corrected chi connectivity index (χ3v) is 9.85. The largest absolute Gasteiger partial charge is 1.00 e. The fourth-order valence-electron chi connectivity index (χ4n) is 5.29. The first kappa shape index (κ1) is 50.8. The smallest absolute Gasteiger partial charge is 0.744 e. The number of fused-ring (bicyclic) bond motifs is 1. The maximum Gasteiger partial charge on any atom is 1.00 e. The molecular formula is C34H19N11Na2O16S2. The summed E-state index contributed by atoms with van der Waals surface area (Å²) < 4.78 is 73.9. The van der Waals surface area contributed by atoms with Gasteiger partial charge in [0.15, 0.2) is 0 Å². The van der Waals surface area contributed by atoms with E-state index >= 15 is 0 Å². The van der Waals surface area contributed by atoms with Crippen LogP contribution >= 0.6 is 0 Å². The van der Waals surface area contributed by atoms with Crippen LogP contribution in [0.5, 0.6) is 23.0 Å². The quantitative estimate of drug-likeness (QED) is 0.0425. The molecule has 31 heteroatoms. The second-order valence-electron chi connectivity index (χ2n) is 12.3. The molecule has 0 unspecified atom stereocenters. The Kier molecular flexibility index (Phi) is 15.9. The predicted molar refractivity (Wildman–Crippen MR) is 209 cm³/mol. The Morgan fingerprint density at radius 2 is 1.00 bits per heavy atom. The van der Waals surface area contributed by atoms with Crippen LogP contribution in [-0.4, -0.2) is 61.1 Å². The third kappa shape index (κ3) is 11.7. The molecule has 27 nitrogen and oxygen atoms in total. The molecule has 6 rings (SSSR count). The van der Waals surface area contributed by atoms with E-state index in [-0.39, 0.29) is 81.9 Å². The van der Waals surface area contributed by atoms with E-state index in [4.69, 9.17) is 0 Å². The minimum atomic E-state index is -5.66. The van der Waals surface area contributed by atoms with E-state index in [1.54, 1.807) is 0 Å². The molecule has 0 aliphatic carbocycles. The summed E-state index contributed by atoms with van der Waals surface area (Å²) >= 11 is 0. The summed E-state index contributed by atoms with van der Waals surface area (Å²) in [5.41, 5.74) is -6.18. The molecule has 6 aromatic carbocycles. The number of rotatable bonds is 13. The number of nitro groups is 3. The second-order valence-corrected chi connectivity index (χ2v) is 15.0. The number of non-ortho nitro benzene ring substituents is 2. The number of nitrogens with zero attached hydrogens (tertiary/aromatic N) is 11. The van der Waals surface area contributed by atoms with E-state index in [0.717, 1.165) is 18.2 Å². The van der Waals surface area contributed by atoms with E-state index < -0.39 is 118 Å². The molecular weight excluding hydrogens is 929 g/mol. The average molecular weight is 948 g/mol. The van der Waals surface area contributed by atoms with Gasteiger partial charge in [-0.1, -0.05) is 12.1 Å². The van der Waals surface area contributed by atoms with Crippen LogP contribution in [0.1, 0.15) is 0 Å². The van der Waals surface area contributed by atoms with Crippen molar-refractivity contribution >= 4 is 93.6 Å². The summed E-state index contributed by atoms with van der Waals surface area (Å²) in [5, 5.41) is 106. The number of azo groups is 4. The molecule has 4 N–H and O–H groups in total. The van der Waals surface area contributed by atoms with Crippen molar-refractivity contribution in [3.63, 3.8) is 0 Å². The summed E-state index contributed by atoms with van der Waals surface area (Å²) in [6, 6.07) is 14.5. The first-order valence-corrected chi connectivity index (χ1v) is 19.4. The SMILES string of the molecule is O=[N+]([O-])c1ccc(N=Nc2ccccc2N=Nc2c(S(=O)(=O)[O-])cc3cc(S(=O)(=O)[O-])cc(O)c3c2N=Nc2cc(N=Nc3cc([N+](=O)[O-])cc([N+](=O)[O-])c3O)c(O)cc2O)cc1.[Na+].[Na+]. The number of phenols is 4. The molecule has 6 aromatic rings. The van der Waals surface area contributed by atoms with Crippen molar-refractivity contribution < 1.29 is 120 Å². The van der Waals surface area contributed by atoms with Gasteiger partial charge in [-0.2, -0.15) is 5.11 Å². The Morgan fingerprint density at radius 1 is 0.477 bits per heavy atom. The minimum Gasteiger partial charge on any atom is -0.744 e. The van der Waals surface area contributed by atoms with Gasteiger partial charge in [-0.25, -0.2) is 16.8 Å². The molecule has 0 aliphatic rings. The summed E-state index contributed by atoms with van der Waals surface area (Å²) in [5.74, 6) is -3.95. The predicted octanol–water partition coefficient (Wildman–Crippen LogP) is 2.86. The third-order valence-electron chi connectivity index (χ3n) is 8.19. The van der Waals surface area contributed by atoms with E-state index in [2.05, 4.69) is 40.9 Å². The normalized spacial score (nSPS) is 11.9. The first-order chi connectivity index (χ1) is 29.6. The van der Waals surface area contributed by atoms with Gasteiger partial charge in [-0.05, 0) is 47.9 Å². The summed E-state index contributed by atoms with van der Waals surface area (Å²) in [4.78, 5) is 28.6. The fourth-order valence-corrected chi connectivity index (χ4v) is 6.47. The average Bonchev–Trinajstić information content (AvgIpc) is 3.21. The minimum absolute atomic E-state index is 0. The number of aromatic hydroxyl groups is 4. The van der Waals surface area contributed by atoms with Crippen LogP contribution in [0.2, 0.25) is 0 Å². The topological polar surface area (TPSA) is 424 Å². The van der Waals surface area contributed by atoms with Gasteiger partial charge in [-0.3, -0.25) is 30.3 Å². The summed E-state index contributed by atoms with van der Waals surface area (Å²) in [6.07, 6.45) is 0. The van der Waals surface area contributed by atoms with Gasteiger partial charge in [0.1, 0.15) is 77.3 Å². The van der Waals surface area contributed by atoms with Crippen molar-refractivity contribution in [1.29, 1.82) is 0 Å². The molecule has 0 spiro atoms. The van der Waals surface area contributed by atoms with Gasteiger partial charge >= 0.3 is 64.8 Å². The number of nitro benzene ring substituents is 3. The Bertz CT molecular complexity index is 3280. The van der Waals surface area contributed by atoms with E-state index in [1.807, 2.05) is 0 Å². The molecule has 65 heavy (non-hydrogen) atoms. The van der Waals surface area contributed by atoms with E-state index in [1.165, 1.54) is 36.4 Å². The van der Waals surface area contributed by atoms with Crippen molar-refractivity contribution in [2.75, 3.05) is 0 Å². The number of hydrogen-bond acceptors (Lipinski definition) is 24. The van der Waals surface area contributed by atoms with Crippen LogP contribution in [0.3, 0.4) is 0 Å². The van der Waals surface area contributed by atoms with Crippen molar-refractivity contribution in [2.24, 2.45) is 40.9 Å². The van der Waals surface area contributed by atoms with Crippen molar-refractivity contribution in [2.45, 2.75) is 9.79 Å². The van der Waals surface area contributed by atoms with E-state index in [0.29, 0.717) is 36.4 Å². The Hall–Kier alpha value is -6.80. The second kappa shape index (κ2) is 20.4. The molecule has 0 saturated carbocycles. The molecule has 0 aliphatic heterocycles. The summed E-state index contributed by atoms with van der Waals surface area (Å²) in [7, 11) is -11.0. The van der Waals surface area contributed by atoms with Crippen LogP contribution < -0.4 is 59.1 Å². The monoisotopic (exact) mass is 947 g/mol. The van der Waals surface area contributed by atoms with Crippen LogP contribution in [-0.2, 0) is 20.2 Å². The zero-order valence-corrected chi connectivity index (χ0v) is 38.2. The maximum atomic E-state index is 12.7. The molecule has 0 atom stereocenters. The number of hydrogen-bond donors (Lipinski definition) is 4. The first-order valence-electron chi connectivity index (χ1n) is 16.6. The van der Waals surface area contributed by atoms with Gasteiger partial charge in [-0.15, -0.1) is 35.8 Å². The number of phenolic OH excluding ortho intramolecular Hbond substituents is 4. The van der Waals surface area contributed by atoms with Crippen LogP contribution in [0, 0.1) is 30.3 Å². The Balaban J connectivity index is 0.00000462. The molecule has 0 saturated heterocycles. The molecule has 320 valence electrons. The molecule has 0 heterocycles. The number of benzene rings is 6. The van der Waals surface area contributed by atoms with Gasteiger partial charge < -0.3 is 29.5 Å². The molecule has 0 amide bonds. The van der Waals surface area contributed by atoms with Crippen molar-refractivity contribution in [3.05, 3.63) is 121 Å². The zero-order valence-electron chi connectivity index (χ0n) is 32.6. The fraction of sp³-hybridized carbons (Fsp3) is 0.